The highest BCUT2D eigenvalue weighted by Gasteiger charge is 2.14. The minimum atomic E-state index is -0.410. The molecule has 0 aliphatic carbocycles. The summed E-state index contributed by atoms with van der Waals surface area (Å²) >= 11 is 0. The van der Waals surface area contributed by atoms with Crippen LogP contribution in [-0.2, 0) is 13.1 Å². The number of nitrogens with zero attached hydrogens (tertiary/aromatic N) is 2. The Bertz CT molecular complexity index is 622. The Morgan fingerprint density at radius 1 is 1.38 bits per heavy atom. The topological polar surface area (TPSA) is 69.3 Å². The van der Waals surface area contributed by atoms with Crippen LogP contribution in [0.1, 0.15) is 18.9 Å². The lowest BCUT2D eigenvalue weighted by Crippen LogP contribution is -2.02. The van der Waals surface area contributed by atoms with Gasteiger partial charge < -0.3 is 14.6 Å². The first-order valence-electron chi connectivity index (χ1n) is 6.85. The van der Waals surface area contributed by atoms with Gasteiger partial charge >= 0.3 is 0 Å². The van der Waals surface area contributed by atoms with Crippen molar-refractivity contribution < 1.29 is 9.66 Å². The number of anilines is 1. The smallest absolute Gasteiger partial charge is 0.296 e. The van der Waals surface area contributed by atoms with Crippen LogP contribution in [0.25, 0.3) is 0 Å². The first-order valence-corrected chi connectivity index (χ1v) is 6.85. The fourth-order valence-corrected chi connectivity index (χ4v) is 2.13. The summed E-state index contributed by atoms with van der Waals surface area (Å²) in [6, 6.07) is 6.81. The molecule has 0 saturated carbocycles. The fraction of sp³-hybridized carbons (Fsp3) is 0.333. The third-order valence-corrected chi connectivity index (χ3v) is 3.18. The van der Waals surface area contributed by atoms with Crippen molar-refractivity contribution in [3.8, 4) is 5.75 Å². The van der Waals surface area contributed by atoms with Crippen LogP contribution >= 0.6 is 0 Å². The zero-order chi connectivity index (χ0) is 15.2. The van der Waals surface area contributed by atoms with E-state index in [0.29, 0.717) is 18.0 Å². The average Bonchev–Trinajstić information content (AvgIpc) is 2.93. The fourth-order valence-electron chi connectivity index (χ4n) is 2.13. The van der Waals surface area contributed by atoms with Crippen LogP contribution < -0.4 is 10.1 Å². The maximum atomic E-state index is 11.1. The predicted molar refractivity (Wildman–Crippen MR) is 81.7 cm³/mol. The lowest BCUT2D eigenvalue weighted by molar-refractivity contribution is -0.384. The molecule has 1 N–H and O–H groups in total. The molecule has 0 amide bonds. The molecular formula is C15H19N3O3. The van der Waals surface area contributed by atoms with Gasteiger partial charge in [0.2, 0.25) is 0 Å². The van der Waals surface area contributed by atoms with Gasteiger partial charge in [0, 0.05) is 25.5 Å². The molecule has 0 aliphatic rings. The minimum absolute atomic E-state index is 0.0161. The normalized spacial score (nSPS) is 10.4. The highest BCUT2D eigenvalue weighted by Crippen LogP contribution is 2.29. The first-order chi connectivity index (χ1) is 10.1. The molecule has 0 atom stereocenters. The van der Waals surface area contributed by atoms with Crippen molar-refractivity contribution in [1.82, 2.24) is 4.57 Å². The van der Waals surface area contributed by atoms with Crippen LogP contribution in [0.15, 0.2) is 36.7 Å². The monoisotopic (exact) mass is 289 g/mol. The van der Waals surface area contributed by atoms with E-state index < -0.39 is 4.92 Å². The molecule has 2 rings (SSSR count). The number of nitro benzene ring substituents is 1. The molecular weight excluding hydrogens is 270 g/mol. The van der Waals surface area contributed by atoms with Crippen LogP contribution in [0, 0.1) is 10.1 Å². The Hall–Kier alpha value is -2.50. The van der Waals surface area contributed by atoms with Crippen molar-refractivity contribution >= 4 is 11.4 Å². The third kappa shape index (κ3) is 3.75. The van der Waals surface area contributed by atoms with E-state index in [0.717, 1.165) is 18.5 Å². The number of nitro groups is 1. The van der Waals surface area contributed by atoms with E-state index in [1.165, 1.54) is 13.2 Å². The summed E-state index contributed by atoms with van der Waals surface area (Å²) in [7, 11) is 1.49. The van der Waals surface area contributed by atoms with E-state index >= 15 is 0 Å². The van der Waals surface area contributed by atoms with Crippen LogP contribution in [0.3, 0.4) is 0 Å². The van der Waals surface area contributed by atoms with Gasteiger partial charge in [-0.05, 0) is 30.2 Å². The number of methoxy groups -OCH3 is 1. The van der Waals surface area contributed by atoms with Crippen molar-refractivity contribution in [2.75, 3.05) is 12.4 Å². The maximum absolute atomic E-state index is 11.1. The zero-order valence-electron chi connectivity index (χ0n) is 12.2. The summed E-state index contributed by atoms with van der Waals surface area (Å²) in [5.74, 6) is 0.473. The molecule has 6 nitrogen and oxygen atoms in total. The van der Waals surface area contributed by atoms with E-state index in [1.807, 2.05) is 18.5 Å². The summed E-state index contributed by atoms with van der Waals surface area (Å²) in [4.78, 5) is 10.7. The highest BCUT2D eigenvalue weighted by atomic mass is 16.6. The van der Waals surface area contributed by atoms with E-state index in [2.05, 4.69) is 16.8 Å². The summed E-state index contributed by atoms with van der Waals surface area (Å²) in [6.07, 6.45) is 5.14. The van der Waals surface area contributed by atoms with Gasteiger partial charge in [-0.25, -0.2) is 0 Å². The number of hydrogen-bond acceptors (Lipinski definition) is 4. The molecule has 0 saturated heterocycles. The SMILES string of the molecule is CCCn1ccc(CNc2ccc(OC)cc2[N+](=O)[O-])c1. The number of aryl methyl sites for hydroxylation is 1. The lowest BCUT2D eigenvalue weighted by atomic mass is 10.2. The average molecular weight is 289 g/mol. The Kier molecular flexibility index (Phi) is 4.81. The number of benzene rings is 1. The highest BCUT2D eigenvalue weighted by molar-refractivity contribution is 5.63. The molecule has 0 aliphatic heterocycles. The molecule has 0 fully saturated rings. The van der Waals surface area contributed by atoms with Crippen molar-refractivity contribution in [2.45, 2.75) is 26.4 Å². The van der Waals surface area contributed by atoms with Gasteiger partial charge in [-0.15, -0.1) is 0 Å². The summed E-state index contributed by atoms with van der Waals surface area (Å²) in [5, 5.41) is 14.2. The number of nitrogens with one attached hydrogen (secondary N) is 1. The predicted octanol–water partition coefficient (Wildman–Crippen LogP) is 3.43. The van der Waals surface area contributed by atoms with Crippen LogP contribution in [0.5, 0.6) is 5.75 Å². The Morgan fingerprint density at radius 2 is 2.19 bits per heavy atom. The molecule has 21 heavy (non-hydrogen) atoms. The molecule has 0 radical (unpaired) electrons. The Balaban J connectivity index is 2.09. The second kappa shape index (κ2) is 6.78. The largest absolute Gasteiger partial charge is 0.496 e. The van der Waals surface area contributed by atoms with Gasteiger partial charge in [-0.2, -0.15) is 0 Å². The van der Waals surface area contributed by atoms with Gasteiger partial charge in [-0.3, -0.25) is 10.1 Å². The van der Waals surface area contributed by atoms with E-state index in [-0.39, 0.29) is 5.69 Å². The molecule has 1 aromatic heterocycles. The summed E-state index contributed by atoms with van der Waals surface area (Å²) < 4.78 is 7.13. The van der Waals surface area contributed by atoms with Gasteiger partial charge in [0.25, 0.3) is 5.69 Å². The molecule has 1 heterocycles. The van der Waals surface area contributed by atoms with Gasteiger partial charge in [0.1, 0.15) is 11.4 Å². The zero-order valence-corrected chi connectivity index (χ0v) is 12.2. The van der Waals surface area contributed by atoms with E-state index in [1.54, 1.807) is 12.1 Å². The standard InChI is InChI=1S/C15H19N3O3/c1-3-7-17-8-6-12(11-17)10-16-14-5-4-13(21-2)9-15(14)18(19)20/h4-6,8-9,11,16H,3,7,10H2,1-2H3. The maximum Gasteiger partial charge on any atom is 0.296 e. The molecule has 0 bridgehead atoms. The first kappa shape index (κ1) is 14.9. The minimum Gasteiger partial charge on any atom is -0.496 e. The second-order valence-electron chi connectivity index (χ2n) is 4.75. The Labute approximate surface area is 123 Å². The second-order valence-corrected chi connectivity index (χ2v) is 4.75. The van der Waals surface area contributed by atoms with Gasteiger partial charge in [-0.1, -0.05) is 6.92 Å². The van der Waals surface area contributed by atoms with Crippen molar-refractivity contribution in [3.63, 3.8) is 0 Å². The lowest BCUT2D eigenvalue weighted by Gasteiger charge is -2.07. The number of ether oxygens (including phenoxy) is 1. The molecule has 2 aromatic rings. The number of rotatable bonds is 7. The summed E-state index contributed by atoms with van der Waals surface area (Å²) in [6.45, 7) is 3.64. The van der Waals surface area contributed by atoms with Crippen LogP contribution in [0.2, 0.25) is 0 Å². The van der Waals surface area contributed by atoms with E-state index in [9.17, 15) is 10.1 Å². The number of aromatic nitrogens is 1. The molecule has 6 heteroatoms. The number of hydrogen-bond donors (Lipinski definition) is 1. The molecule has 0 unspecified atom stereocenters. The van der Waals surface area contributed by atoms with Crippen molar-refractivity contribution in [3.05, 3.63) is 52.3 Å². The van der Waals surface area contributed by atoms with Crippen molar-refractivity contribution in [1.29, 1.82) is 0 Å². The quantitative estimate of drug-likeness (QED) is 0.626. The van der Waals surface area contributed by atoms with Crippen LogP contribution in [-0.4, -0.2) is 16.6 Å². The molecule has 1 aromatic carbocycles. The molecule has 112 valence electrons. The van der Waals surface area contributed by atoms with Crippen LogP contribution in [0.4, 0.5) is 11.4 Å². The molecule has 0 spiro atoms. The Morgan fingerprint density at radius 3 is 2.86 bits per heavy atom. The van der Waals surface area contributed by atoms with Gasteiger partial charge in [0.05, 0.1) is 18.1 Å². The summed E-state index contributed by atoms with van der Waals surface area (Å²) in [5.41, 5.74) is 1.60. The van der Waals surface area contributed by atoms with Gasteiger partial charge in [0.15, 0.2) is 0 Å². The van der Waals surface area contributed by atoms with Crippen molar-refractivity contribution in [2.24, 2.45) is 0 Å². The van der Waals surface area contributed by atoms with E-state index in [4.69, 9.17) is 4.74 Å². The third-order valence-electron chi connectivity index (χ3n) is 3.18.